The summed E-state index contributed by atoms with van der Waals surface area (Å²) < 4.78 is 0. The average molecular weight is 213 g/mol. The molecule has 14 heavy (non-hydrogen) atoms. The second-order valence-electron chi connectivity index (χ2n) is 3.60. The van der Waals surface area contributed by atoms with Crippen molar-refractivity contribution in [1.29, 1.82) is 0 Å². The highest BCUT2D eigenvalue weighted by Gasteiger charge is 2.17. The van der Waals surface area contributed by atoms with Crippen LogP contribution in [0, 0.1) is 0 Å². The third-order valence-electron chi connectivity index (χ3n) is 2.45. The van der Waals surface area contributed by atoms with Crippen LogP contribution in [-0.2, 0) is 0 Å². The lowest BCUT2D eigenvalue weighted by Crippen LogP contribution is -2.38. The summed E-state index contributed by atoms with van der Waals surface area (Å²) in [5, 5.41) is 10.2. The van der Waals surface area contributed by atoms with Crippen molar-refractivity contribution in [2.75, 3.05) is 18.0 Å². The standard InChI is InChI=1S/C10H13ClN2O/c11-8-4-9(6-12-5-8)13-3-1-2-10(14)7-13/h4-6,10,14H,1-3,7H2. The van der Waals surface area contributed by atoms with Crippen molar-refractivity contribution in [1.82, 2.24) is 4.98 Å². The van der Waals surface area contributed by atoms with Gasteiger partial charge in [0.15, 0.2) is 0 Å². The van der Waals surface area contributed by atoms with Gasteiger partial charge < -0.3 is 10.0 Å². The predicted octanol–water partition coefficient (Wildman–Crippen LogP) is 1.70. The van der Waals surface area contributed by atoms with E-state index in [1.165, 1.54) is 0 Å². The molecule has 4 heteroatoms. The molecule has 0 radical (unpaired) electrons. The lowest BCUT2D eigenvalue weighted by molar-refractivity contribution is 0.154. The van der Waals surface area contributed by atoms with Crippen LogP contribution >= 0.6 is 11.6 Å². The number of rotatable bonds is 1. The minimum absolute atomic E-state index is 0.220. The van der Waals surface area contributed by atoms with Gasteiger partial charge in [0.1, 0.15) is 0 Å². The van der Waals surface area contributed by atoms with Crippen LogP contribution in [0.15, 0.2) is 18.5 Å². The first-order chi connectivity index (χ1) is 6.75. The molecule has 0 saturated carbocycles. The summed E-state index contributed by atoms with van der Waals surface area (Å²) >= 11 is 5.85. The molecule has 0 amide bonds. The van der Waals surface area contributed by atoms with Gasteiger partial charge in [-0.1, -0.05) is 11.6 Å². The van der Waals surface area contributed by atoms with E-state index in [1.807, 2.05) is 6.07 Å². The normalized spacial score (nSPS) is 22.4. The number of anilines is 1. The van der Waals surface area contributed by atoms with Gasteiger partial charge in [-0.15, -0.1) is 0 Å². The number of hydrogen-bond acceptors (Lipinski definition) is 3. The maximum absolute atomic E-state index is 9.52. The Balaban J connectivity index is 2.14. The van der Waals surface area contributed by atoms with Gasteiger partial charge in [0.05, 0.1) is 23.0 Å². The first-order valence-corrected chi connectivity index (χ1v) is 5.17. The monoisotopic (exact) mass is 212 g/mol. The molecule has 76 valence electrons. The lowest BCUT2D eigenvalue weighted by Gasteiger charge is -2.31. The van der Waals surface area contributed by atoms with Crippen LogP contribution in [0.4, 0.5) is 5.69 Å². The molecule has 1 aromatic heterocycles. The van der Waals surface area contributed by atoms with Crippen LogP contribution in [0.3, 0.4) is 0 Å². The van der Waals surface area contributed by atoms with Crippen LogP contribution < -0.4 is 4.90 Å². The van der Waals surface area contributed by atoms with Crippen molar-refractivity contribution in [2.45, 2.75) is 18.9 Å². The second kappa shape index (κ2) is 4.15. The highest BCUT2D eigenvalue weighted by atomic mass is 35.5. The number of pyridine rings is 1. The zero-order chi connectivity index (χ0) is 9.97. The SMILES string of the molecule is OC1CCCN(c2cncc(Cl)c2)C1. The zero-order valence-corrected chi connectivity index (χ0v) is 8.61. The van der Waals surface area contributed by atoms with Crippen molar-refractivity contribution in [2.24, 2.45) is 0 Å². The largest absolute Gasteiger partial charge is 0.391 e. The maximum atomic E-state index is 9.52. The Bertz CT molecular complexity index is 319. The van der Waals surface area contributed by atoms with E-state index < -0.39 is 0 Å². The molecule has 1 atom stereocenters. The van der Waals surface area contributed by atoms with Crippen molar-refractivity contribution < 1.29 is 5.11 Å². The molecule has 0 aliphatic carbocycles. The molecule has 2 rings (SSSR count). The van der Waals surface area contributed by atoms with Crippen LogP contribution in [-0.4, -0.2) is 29.3 Å². The van der Waals surface area contributed by atoms with E-state index in [1.54, 1.807) is 12.4 Å². The summed E-state index contributed by atoms with van der Waals surface area (Å²) in [6.45, 7) is 1.65. The smallest absolute Gasteiger partial charge is 0.0715 e. The van der Waals surface area contributed by atoms with Crippen LogP contribution in [0.2, 0.25) is 5.02 Å². The summed E-state index contributed by atoms with van der Waals surface area (Å²) in [4.78, 5) is 6.15. The molecule has 1 aliphatic heterocycles. The van der Waals surface area contributed by atoms with Gasteiger partial charge in [-0.2, -0.15) is 0 Å². The maximum Gasteiger partial charge on any atom is 0.0715 e. The first kappa shape index (κ1) is 9.74. The van der Waals surface area contributed by atoms with Crippen LogP contribution in [0.1, 0.15) is 12.8 Å². The molecule has 0 spiro atoms. The van der Waals surface area contributed by atoms with Crippen molar-refractivity contribution in [3.8, 4) is 0 Å². The summed E-state index contributed by atoms with van der Waals surface area (Å²) in [6, 6.07) is 1.88. The van der Waals surface area contributed by atoms with Gasteiger partial charge in [0.25, 0.3) is 0 Å². The van der Waals surface area contributed by atoms with E-state index in [0.717, 1.165) is 25.1 Å². The molecule has 0 aromatic carbocycles. The zero-order valence-electron chi connectivity index (χ0n) is 7.86. The van der Waals surface area contributed by atoms with E-state index in [9.17, 15) is 5.11 Å². The summed E-state index contributed by atoms with van der Waals surface area (Å²) in [7, 11) is 0. The van der Waals surface area contributed by atoms with Gasteiger partial charge in [-0.3, -0.25) is 4.98 Å². The number of halogens is 1. The first-order valence-electron chi connectivity index (χ1n) is 4.79. The number of β-amino-alcohol motifs (C(OH)–C–C–N with tert-alkyl or cyclic N) is 1. The second-order valence-corrected chi connectivity index (χ2v) is 4.04. The van der Waals surface area contributed by atoms with E-state index >= 15 is 0 Å². The van der Waals surface area contributed by atoms with Gasteiger partial charge in [0.2, 0.25) is 0 Å². The Morgan fingerprint density at radius 3 is 3.07 bits per heavy atom. The van der Waals surface area contributed by atoms with E-state index in [2.05, 4.69) is 9.88 Å². The highest BCUT2D eigenvalue weighted by Crippen LogP contribution is 2.21. The Morgan fingerprint density at radius 2 is 2.36 bits per heavy atom. The molecule has 2 heterocycles. The molecule has 1 N–H and O–H groups in total. The molecule has 1 aliphatic rings. The Kier molecular flexibility index (Phi) is 2.89. The van der Waals surface area contributed by atoms with E-state index in [0.29, 0.717) is 11.6 Å². The highest BCUT2D eigenvalue weighted by molar-refractivity contribution is 6.30. The minimum Gasteiger partial charge on any atom is -0.391 e. The summed E-state index contributed by atoms with van der Waals surface area (Å²) in [5.74, 6) is 0. The van der Waals surface area contributed by atoms with Gasteiger partial charge >= 0.3 is 0 Å². The molecule has 1 fully saturated rings. The number of hydrogen-bond donors (Lipinski definition) is 1. The molecule has 1 saturated heterocycles. The average Bonchev–Trinajstić information content (AvgIpc) is 2.18. The molecule has 1 aromatic rings. The summed E-state index contributed by atoms with van der Waals surface area (Å²) in [5.41, 5.74) is 0.997. The molecule has 1 unspecified atom stereocenters. The number of aliphatic hydroxyl groups excluding tert-OH is 1. The van der Waals surface area contributed by atoms with E-state index in [4.69, 9.17) is 11.6 Å². The number of nitrogens with zero attached hydrogens (tertiary/aromatic N) is 2. The number of aliphatic hydroxyl groups is 1. The Hall–Kier alpha value is -0.800. The van der Waals surface area contributed by atoms with Gasteiger partial charge in [-0.05, 0) is 18.9 Å². The van der Waals surface area contributed by atoms with Crippen molar-refractivity contribution in [3.05, 3.63) is 23.5 Å². The lowest BCUT2D eigenvalue weighted by atomic mass is 10.1. The quantitative estimate of drug-likeness (QED) is 0.770. The van der Waals surface area contributed by atoms with Gasteiger partial charge in [-0.25, -0.2) is 0 Å². The van der Waals surface area contributed by atoms with Crippen molar-refractivity contribution >= 4 is 17.3 Å². The predicted molar refractivity (Wildman–Crippen MR) is 56.7 cm³/mol. The third-order valence-corrected chi connectivity index (χ3v) is 2.66. The fourth-order valence-electron chi connectivity index (χ4n) is 1.76. The van der Waals surface area contributed by atoms with Gasteiger partial charge in [0, 0.05) is 19.3 Å². The fraction of sp³-hybridized carbons (Fsp3) is 0.500. The molecule has 3 nitrogen and oxygen atoms in total. The summed E-state index contributed by atoms with van der Waals surface area (Å²) in [6.07, 6.45) is 5.09. The Labute approximate surface area is 88.3 Å². The molecular weight excluding hydrogens is 200 g/mol. The minimum atomic E-state index is -0.220. The third kappa shape index (κ3) is 2.16. The number of aromatic nitrogens is 1. The molecule has 0 bridgehead atoms. The molecular formula is C10H13ClN2O. The number of piperidine rings is 1. The Morgan fingerprint density at radius 1 is 1.50 bits per heavy atom. The van der Waals surface area contributed by atoms with E-state index in [-0.39, 0.29) is 6.10 Å². The van der Waals surface area contributed by atoms with Crippen LogP contribution in [0.5, 0.6) is 0 Å². The topological polar surface area (TPSA) is 36.4 Å². The van der Waals surface area contributed by atoms with Crippen LogP contribution in [0.25, 0.3) is 0 Å². The van der Waals surface area contributed by atoms with Crippen molar-refractivity contribution in [3.63, 3.8) is 0 Å². The fourth-order valence-corrected chi connectivity index (χ4v) is 1.93.